The molecule has 9 nitrogen and oxygen atoms in total. The van der Waals surface area contributed by atoms with Gasteiger partial charge < -0.3 is 10.6 Å². The Morgan fingerprint density at radius 2 is 2.20 bits per heavy atom. The van der Waals surface area contributed by atoms with Crippen molar-refractivity contribution in [3.8, 4) is 0 Å². The zero-order valence-electron chi connectivity index (χ0n) is 16.8. The van der Waals surface area contributed by atoms with Crippen molar-refractivity contribution in [3.05, 3.63) is 53.4 Å². The van der Waals surface area contributed by atoms with Crippen molar-refractivity contribution in [2.45, 2.75) is 44.7 Å². The van der Waals surface area contributed by atoms with Gasteiger partial charge in [0.1, 0.15) is 11.6 Å². The van der Waals surface area contributed by atoms with Gasteiger partial charge >= 0.3 is 0 Å². The predicted octanol–water partition coefficient (Wildman–Crippen LogP) is 1.49. The highest BCUT2D eigenvalue weighted by molar-refractivity contribution is 5.92. The van der Waals surface area contributed by atoms with Crippen molar-refractivity contribution < 1.29 is 9.18 Å². The smallest absolute Gasteiger partial charge is 0.285 e. The molecule has 0 aliphatic carbocycles. The minimum atomic E-state index is -0.474. The van der Waals surface area contributed by atoms with E-state index in [4.69, 9.17) is 11.6 Å². The molecule has 3 aromatic rings. The van der Waals surface area contributed by atoms with Gasteiger partial charge in [-0.05, 0) is 56.4 Å². The molecule has 1 saturated heterocycles. The lowest BCUT2D eigenvalue weighted by atomic mass is 9.98. The molecule has 30 heavy (non-hydrogen) atoms. The minimum Gasteiger partial charge on any atom is -0.348 e. The molecule has 0 spiro atoms. The Morgan fingerprint density at radius 3 is 2.97 bits per heavy atom. The molecule has 1 fully saturated rings. The van der Waals surface area contributed by atoms with Crippen LogP contribution in [0, 0.1) is 5.82 Å². The van der Waals surface area contributed by atoms with E-state index >= 15 is 0 Å². The summed E-state index contributed by atoms with van der Waals surface area (Å²) in [5.41, 5.74) is 10.5. The maximum absolute atomic E-state index is 14.1. The molecule has 158 valence electrons. The number of nitrogens with zero attached hydrogens (tertiary/aromatic N) is 5. The summed E-state index contributed by atoms with van der Waals surface area (Å²) in [4.78, 5) is 22.7. The first-order chi connectivity index (χ1) is 14.5. The van der Waals surface area contributed by atoms with Crippen LogP contribution in [0.1, 0.15) is 54.0 Å². The lowest BCUT2D eigenvalue weighted by Gasteiger charge is -2.27. The lowest BCUT2D eigenvalue weighted by Crippen LogP contribution is -2.31. The number of pyridine rings is 1. The SMILES string of the molecule is C[C@@H](N)CCc1ncc(F)cc1[C@H]1CCCN1c1ccc2ncc(C(=O)NN)n2n1. The third kappa shape index (κ3) is 3.83. The quantitative estimate of drug-likeness (QED) is 0.318. The molecule has 4 heterocycles. The number of fused-ring (bicyclic) bond motifs is 1. The van der Waals surface area contributed by atoms with E-state index in [1.54, 1.807) is 12.1 Å². The number of halogens is 1. The first-order valence-corrected chi connectivity index (χ1v) is 10.00. The van der Waals surface area contributed by atoms with Crippen molar-refractivity contribution in [2.24, 2.45) is 11.6 Å². The van der Waals surface area contributed by atoms with Gasteiger partial charge in [-0.25, -0.2) is 19.7 Å². The molecular formula is C20H25FN8O. The van der Waals surface area contributed by atoms with E-state index in [2.05, 4.69) is 25.4 Å². The highest BCUT2D eigenvalue weighted by atomic mass is 19.1. The third-order valence-electron chi connectivity index (χ3n) is 5.42. The Balaban J connectivity index is 1.71. The van der Waals surface area contributed by atoms with Crippen LogP contribution in [0.15, 0.2) is 30.6 Å². The van der Waals surface area contributed by atoms with Crippen LogP contribution in [0.5, 0.6) is 0 Å². The summed E-state index contributed by atoms with van der Waals surface area (Å²) < 4.78 is 15.6. The number of nitrogens with one attached hydrogen (secondary N) is 1. The number of amides is 1. The summed E-state index contributed by atoms with van der Waals surface area (Å²) in [6.07, 6.45) is 5.94. The highest BCUT2D eigenvalue weighted by Gasteiger charge is 2.30. The molecule has 4 rings (SSSR count). The molecule has 5 N–H and O–H groups in total. The van der Waals surface area contributed by atoms with E-state index in [9.17, 15) is 9.18 Å². The fourth-order valence-corrected chi connectivity index (χ4v) is 3.95. The maximum Gasteiger partial charge on any atom is 0.285 e. The average Bonchev–Trinajstić information content (AvgIpc) is 3.38. The summed E-state index contributed by atoms with van der Waals surface area (Å²) in [5, 5.41) is 4.62. The number of carbonyl (C=O) groups excluding carboxylic acids is 1. The molecule has 0 aromatic carbocycles. The fourth-order valence-electron chi connectivity index (χ4n) is 3.95. The molecule has 1 aliphatic rings. The number of hydrogen-bond acceptors (Lipinski definition) is 7. The molecule has 10 heteroatoms. The van der Waals surface area contributed by atoms with E-state index in [0.29, 0.717) is 17.9 Å². The van der Waals surface area contributed by atoms with Crippen LogP contribution in [0.25, 0.3) is 5.65 Å². The number of nitrogen functional groups attached to an aromatic ring is 1. The maximum atomic E-state index is 14.1. The minimum absolute atomic E-state index is 0.0433. The van der Waals surface area contributed by atoms with Crippen molar-refractivity contribution >= 4 is 17.4 Å². The molecule has 3 aromatic heterocycles. The Kier molecular flexibility index (Phi) is 5.60. The number of carbonyl (C=O) groups is 1. The zero-order chi connectivity index (χ0) is 21.3. The standard InChI is InChI=1S/C20H25FN8O/c1-12(22)4-5-15-14(9-13(21)10-24-15)16-3-2-8-28(16)19-7-6-18-25-11-17(20(30)26-23)29(18)27-19/h6-7,9-12,16H,2-5,8,22-23H2,1H3,(H,26,30)/t12-,16-/m1/s1. The topological polar surface area (TPSA) is 127 Å². The first kappa shape index (κ1) is 20.2. The average molecular weight is 412 g/mol. The molecule has 1 amide bonds. The Bertz CT molecular complexity index is 1070. The molecule has 0 saturated carbocycles. The Morgan fingerprint density at radius 1 is 1.37 bits per heavy atom. The number of imidazole rings is 1. The number of hydrazine groups is 1. The van der Waals surface area contributed by atoms with Crippen LogP contribution in [-0.2, 0) is 6.42 Å². The van der Waals surface area contributed by atoms with Gasteiger partial charge in [-0.3, -0.25) is 15.2 Å². The Hall–Kier alpha value is -3.11. The van der Waals surface area contributed by atoms with E-state index in [1.807, 2.05) is 13.0 Å². The monoisotopic (exact) mass is 412 g/mol. The van der Waals surface area contributed by atoms with E-state index in [0.717, 1.165) is 37.1 Å². The van der Waals surface area contributed by atoms with E-state index in [1.165, 1.54) is 16.9 Å². The van der Waals surface area contributed by atoms with Crippen LogP contribution in [0.4, 0.5) is 10.2 Å². The van der Waals surface area contributed by atoms with Gasteiger partial charge in [0.05, 0.1) is 18.4 Å². The lowest BCUT2D eigenvalue weighted by molar-refractivity contribution is 0.0946. The third-order valence-corrected chi connectivity index (χ3v) is 5.42. The second kappa shape index (κ2) is 8.33. The van der Waals surface area contributed by atoms with Crippen LogP contribution < -0.4 is 21.9 Å². The van der Waals surface area contributed by atoms with Gasteiger partial charge in [0, 0.05) is 18.3 Å². The van der Waals surface area contributed by atoms with Crippen LogP contribution in [0.2, 0.25) is 0 Å². The second-order valence-electron chi connectivity index (χ2n) is 7.64. The van der Waals surface area contributed by atoms with Crippen molar-refractivity contribution in [1.82, 2.24) is 25.0 Å². The zero-order valence-corrected chi connectivity index (χ0v) is 16.8. The van der Waals surface area contributed by atoms with Gasteiger partial charge in [-0.2, -0.15) is 0 Å². The largest absolute Gasteiger partial charge is 0.348 e. The highest BCUT2D eigenvalue weighted by Crippen LogP contribution is 2.37. The molecule has 1 aliphatic heterocycles. The van der Waals surface area contributed by atoms with Crippen molar-refractivity contribution in [2.75, 3.05) is 11.4 Å². The van der Waals surface area contributed by atoms with Gasteiger partial charge in [0.25, 0.3) is 5.91 Å². The number of hydrogen-bond donors (Lipinski definition) is 3. The van der Waals surface area contributed by atoms with Crippen molar-refractivity contribution in [3.63, 3.8) is 0 Å². The van der Waals surface area contributed by atoms with E-state index in [-0.39, 0.29) is 23.6 Å². The summed E-state index contributed by atoms with van der Waals surface area (Å²) in [5.74, 6) is 5.11. The number of aromatic nitrogens is 4. The molecule has 0 radical (unpaired) electrons. The van der Waals surface area contributed by atoms with Crippen LogP contribution >= 0.6 is 0 Å². The fraction of sp³-hybridized carbons (Fsp3) is 0.400. The number of aryl methyl sites for hydroxylation is 1. The van der Waals surface area contributed by atoms with Crippen molar-refractivity contribution in [1.29, 1.82) is 0 Å². The molecule has 2 atom stereocenters. The molecule has 0 unspecified atom stereocenters. The summed E-state index contributed by atoms with van der Waals surface area (Å²) in [7, 11) is 0. The number of rotatable bonds is 6. The summed E-state index contributed by atoms with van der Waals surface area (Å²) in [6, 6.07) is 5.21. The van der Waals surface area contributed by atoms with E-state index < -0.39 is 5.91 Å². The van der Waals surface area contributed by atoms with Gasteiger partial charge in [0.15, 0.2) is 11.3 Å². The van der Waals surface area contributed by atoms with Gasteiger partial charge in [-0.15, -0.1) is 5.10 Å². The van der Waals surface area contributed by atoms with Crippen LogP contribution in [-0.4, -0.2) is 38.1 Å². The number of anilines is 1. The number of nitrogens with two attached hydrogens (primary N) is 2. The first-order valence-electron chi connectivity index (χ1n) is 10.00. The van der Waals surface area contributed by atoms with Crippen LogP contribution in [0.3, 0.4) is 0 Å². The molecule has 0 bridgehead atoms. The normalized spacial score (nSPS) is 17.5. The summed E-state index contributed by atoms with van der Waals surface area (Å²) in [6.45, 7) is 2.71. The summed E-state index contributed by atoms with van der Waals surface area (Å²) >= 11 is 0. The van der Waals surface area contributed by atoms with Gasteiger partial charge in [0.2, 0.25) is 0 Å². The second-order valence-corrected chi connectivity index (χ2v) is 7.64. The predicted molar refractivity (Wildman–Crippen MR) is 110 cm³/mol. The molecular weight excluding hydrogens is 387 g/mol. The Labute approximate surface area is 173 Å². The van der Waals surface area contributed by atoms with Gasteiger partial charge in [-0.1, -0.05) is 0 Å².